The number of hydrogen-bond donors (Lipinski definition) is 2. The van der Waals surface area contributed by atoms with E-state index in [2.05, 4.69) is 5.32 Å². The molecule has 1 saturated heterocycles. The molecule has 2 aliphatic rings. The average Bonchev–Trinajstić information content (AvgIpc) is 3.28. The Morgan fingerprint density at radius 2 is 1.68 bits per heavy atom. The summed E-state index contributed by atoms with van der Waals surface area (Å²) in [5.41, 5.74) is -0.243. The Morgan fingerprint density at radius 1 is 1.02 bits per heavy atom. The molecule has 2 N–H and O–H groups in total. The molecular formula is C31H39F3N2O4. The van der Waals surface area contributed by atoms with Crippen LogP contribution >= 0.6 is 0 Å². The van der Waals surface area contributed by atoms with Crippen LogP contribution in [0.3, 0.4) is 0 Å². The molecular weight excluding hydrogens is 521 g/mol. The third-order valence-corrected chi connectivity index (χ3v) is 8.41. The Kier molecular flexibility index (Phi) is 8.83. The third-order valence-electron chi connectivity index (χ3n) is 8.41. The number of halogens is 3. The van der Waals surface area contributed by atoms with Crippen molar-refractivity contribution in [2.24, 2.45) is 17.3 Å². The first-order chi connectivity index (χ1) is 18.8. The number of nitrogens with one attached hydrogen (secondary N) is 1. The van der Waals surface area contributed by atoms with Crippen molar-refractivity contribution in [3.05, 3.63) is 65.2 Å². The van der Waals surface area contributed by atoms with Crippen LogP contribution in [0.2, 0.25) is 0 Å². The summed E-state index contributed by atoms with van der Waals surface area (Å²) < 4.78 is 46.0. The van der Waals surface area contributed by atoms with E-state index in [1.54, 1.807) is 4.90 Å². The normalized spacial score (nSPS) is 24.2. The highest BCUT2D eigenvalue weighted by atomic mass is 19.4. The number of carbonyl (C=O) groups excluding carboxylic acids is 1. The van der Waals surface area contributed by atoms with Crippen molar-refractivity contribution in [2.75, 3.05) is 7.11 Å². The van der Waals surface area contributed by atoms with Gasteiger partial charge in [0.15, 0.2) is 0 Å². The molecule has 9 heteroatoms. The largest absolute Gasteiger partial charge is 0.496 e. The number of amides is 1. The topological polar surface area (TPSA) is 78.9 Å². The minimum atomic E-state index is -4.52. The van der Waals surface area contributed by atoms with Crippen molar-refractivity contribution < 1.29 is 32.6 Å². The molecule has 0 bridgehead atoms. The van der Waals surface area contributed by atoms with Crippen LogP contribution in [-0.2, 0) is 22.3 Å². The van der Waals surface area contributed by atoms with Gasteiger partial charge in [-0.15, -0.1) is 0 Å². The molecule has 4 rings (SSSR count). The van der Waals surface area contributed by atoms with Gasteiger partial charge in [-0.2, -0.15) is 13.2 Å². The zero-order valence-corrected chi connectivity index (χ0v) is 23.5. The molecule has 40 heavy (non-hydrogen) atoms. The number of likely N-dealkylation sites (tertiary alicyclic amines) is 1. The van der Waals surface area contributed by atoms with Crippen LogP contribution in [0.4, 0.5) is 13.2 Å². The van der Waals surface area contributed by atoms with Gasteiger partial charge in [0.1, 0.15) is 11.8 Å². The Morgan fingerprint density at radius 3 is 2.23 bits per heavy atom. The Balaban J connectivity index is 1.81. The maximum atomic E-state index is 14.1. The van der Waals surface area contributed by atoms with Gasteiger partial charge in [-0.1, -0.05) is 70.4 Å². The molecule has 0 spiro atoms. The number of alkyl halides is 3. The smallest absolute Gasteiger partial charge is 0.416 e. The summed E-state index contributed by atoms with van der Waals surface area (Å²) in [5, 5.41) is 14.0. The molecule has 0 aromatic heterocycles. The minimum absolute atomic E-state index is 0.00543. The second-order valence-corrected chi connectivity index (χ2v) is 12.0. The molecule has 0 unspecified atom stereocenters. The highest BCUT2D eigenvalue weighted by Crippen LogP contribution is 2.49. The fraction of sp³-hybridized carbons (Fsp3) is 0.548. The number of methoxy groups -OCH3 is 1. The lowest BCUT2D eigenvalue weighted by atomic mass is 9.72. The van der Waals surface area contributed by atoms with Gasteiger partial charge in [0.25, 0.3) is 0 Å². The summed E-state index contributed by atoms with van der Waals surface area (Å²) in [6.45, 7) is 5.85. The van der Waals surface area contributed by atoms with Crippen molar-refractivity contribution >= 4 is 11.9 Å². The second-order valence-electron chi connectivity index (χ2n) is 12.0. The first-order valence-corrected chi connectivity index (χ1v) is 13.9. The van der Waals surface area contributed by atoms with Crippen LogP contribution in [-0.4, -0.2) is 41.1 Å². The number of aliphatic carboxylic acids is 1. The number of carbonyl (C=O) groups is 2. The van der Waals surface area contributed by atoms with E-state index in [0.717, 1.165) is 49.8 Å². The Hall–Kier alpha value is -3.07. The Labute approximate surface area is 233 Å². The van der Waals surface area contributed by atoms with Gasteiger partial charge in [-0.3, -0.25) is 4.79 Å². The zero-order chi connectivity index (χ0) is 29.2. The maximum absolute atomic E-state index is 14.1. The molecule has 0 radical (unpaired) electrons. The monoisotopic (exact) mass is 560 g/mol. The van der Waals surface area contributed by atoms with Gasteiger partial charge in [-0.05, 0) is 42.0 Å². The highest BCUT2D eigenvalue weighted by molar-refractivity contribution is 5.87. The van der Waals surface area contributed by atoms with Crippen molar-refractivity contribution in [3.63, 3.8) is 0 Å². The lowest BCUT2D eigenvalue weighted by Crippen LogP contribution is -2.49. The van der Waals surface area contributed by atoms with E-state index in [9.17, 15) is 27.9 Å². The van der Waals surface area contributed by atoms with E-state index >= 15 is 0 Å². The molecule has 218 valence electrons. The average molecular weight is 561 g/mol. The first-order valence-electron chi connectivity index (χ1n) is 13.9. The number of rotatable bonds is 7. The molecule has 6 nitrogen and oxygen atoms in total. The number of carboxylic acids is 1. The van der Waals surface area contributed by atoms with E-state index < -0.39 is 47.2 Å². The van der Waals surface area contributed by atoms with E-state index in [1.165, 1.54) is 13.2 Å². The van der Waals surface area contributed by atoms with Crippen LogP contribution in [0, 0.1) is 17.3 Å². The van der Waals surface area contributed by atoms with Crippen LogP contribution in [0.25, 0.3) is 0 Å². The number of benzene rings is 2. The van der Waals surface area contributed by atoms with Crippen LogP contribution in [0.15, 0.2) is 48.5 Å². The number of carboxylic acid groups (broad SMARTS) is 1. The summed E-state index contributed by atoms with van der Waals surface area (Å²) in [4.78, 5) is 28.7. The fourth-order valence-electron chi connectivity index (χ4n) is 6.61. The van der Waals surface area contributed by atoms with Crippen molar-refractivity contribution in [2.45, 2.75) is 83.7 Å². The first kappa shape index (κ1) is 29.9. The Bertz CT molecular complexity index is 1190. The van der Waals surface area contributed by atoms with Gasteiger partial charge in [0.05, 0.1) is 18.7 Å². The third kappa shape index (κ3) is 6.14. The van der Waals surface area contributed by atoms with Crippen LogP contribution in [0.5, 0.6) is 5.75 Å². The number of hydrogen-bond acceptors (Lipinski definition) is 4. The number of ether oxygens (including phenoxy) is 1. The van der Waals surface area contributed by atoms with E-state index in [0.29, 0.717) is 11.3 Å². The summed E-state index contributed by atoms with van der Waals surface area (Å²) >= 11 is 0. The molecule has 2 fully saturated rings. The molecule has 1 aliphatic carbocycles. The van der Waals surface area contributed by atoms with Gasteiger partial charge in [0.2, 0.25) is 5.91 Å². The fourth-order valence-corrected chi connectivity index (χ4v) is 6.61. The van der Waals surface area contributed by atoms with Crippen molar-refractivity contribution in [1.82, 2.24) is 10.2 Å². The van der Waals surface area contributed by atoms with E-state index in [1.807, 2.05) is 51.1 Å². The predicted octanol–water partition coefficient (Wildman–Crippen LogP) is 6.45. The van der Waals surface area contributed by atoms with Gasteiger partial charge >= 0.3 is 12.1 Å². The molecule has 1 heterocycles. The SMILES string of the molecule is COc1ccc(C(F)(F)F)cc1CN[C@H]1[C@H](C(C)(C)C)[C@@H](C(=O)O)N(C(=O)C2CCCCC2)[C@H]1c1ccccc1. The van der Waals surface area contributed by atoms with Crippen molar-refractivity contribution in [3.8, 4) is 5.75 Å². The minimum Gasteiger partial charge on any atom is -0.496 e. The van der Waals surface area contributed by atoms with E-state index in [-0.39, 0.29) is 18.4 Å². The summed E-state index contributed by atoms with van der Waals surface area (Å²) in [6, 6.07) is 10.4. The molecule has 2 aromatic carbocycles. The van der Waals surface area contributed by atoms with E-state index in [4.69, 9.17) is 4.74 Å². The second kappa shape index (κ2) is 11.8. The summed E-state index contributed by atoms with van der Waals surface area (Å²) in [5.74, 6) is -1.71. The standard InChI is InChI=1S/C31H39F3N2O4/c1-30(2,3)24-25(35-18-21-17-22(31(32,33)34)15-16-23(21)40-4)26(19-11-7-5-8-12-19)36(27(24)29(38)39)28(37)20-13-9-6-10-14-20/h5,7-8,11-12,15-17,20,24-27,35H,6,9-10,13-14,18H2,1-4H3,(H,38,39)/t24-,25-,26-,27-/m0/s1. The molecule has 1 amide bonds. The van der Waals surface area contributed by atoms with Crippen LogP contribution in [0.1, 0.15) is 75.6 Å². The molecule has 4 atom stereocenters. The molecule has 1 aliphatic heterocycles. The summed E-state index contributed by atoms with van der Waals surface area (Å²) in [7, 11) is 1.40. The summed E-state index contributed by atoms with van der Waals surface area (Å²) in [6.07, 6.45) is -0.157. The quantitative estimate of drug-likeness (QED) is 0.407. The molecule has 1 saturated carbocycles. The van der Waals surface area contributed by atoms with Gasteiger partial charge in [-0.25, -0.2) is 4.79 Å². The lowest BCUT2D eigenvalue weighted by Gasteiger charge is -2.36. The zero-order valence-electron chi connectivity index (χ0n) is 23.5. The maximum Gasteiger partial charge on any atom is 0.416 e. The predicted molar refractivity (Wildman–Crippen MR) is 146 cm³/mol. The van der Waals surface area contributed by atoms with Crippen molar-refractivity contribution in [1.29, 1.82) is 0 Å². The molecule has 2 aromatic rings. The van der Waals surface area contributed by atoms with Gasteiger partial charge < -0.3 is 20.1 Å². The lowest BCUT2D eigenvalue weighted by molar-refractivity contribution is -0.154. The van der Waals surface area contributed by atoms with Gasteiger partial charge in [0, 0.05) is 30.0 Å². The highest BCUT2D eigenvalue weighted by Gasteiger charge is 2.58. The number of nitrogens with zero attached hydrogens (tertiary/aromatic N) is 1. The van der Waals surface area contributed by atoms with Crippen LogP contribution < -0.4 is 10.1 Å².